The Morgan fingerprint density at radius 3 is 1.27 bits per heavy atom. The van der Waals surface area contributed by atoms with E-state index in [4.69, 9.17) is 9.47 Å². The molecule has 2 N–H and O–H groups in total. The first-order valence-corrected chi connectivity index (χ1v) is 9.44. The van der Waals surface area contributed by atoms with Crippen LogP contribution in [0.1, 0.15) is 11.1 Å². The van der Waals surface area contributed by atoms with E-state index in [-0.39, 0.29) is 0 Å². The second-order valence-electron chi connectivity index (χ2n) is 6.96. The van der Waals surface area contributed by atoms with Gasteiger partial charge in [-0.15, -0.1) is 0 Å². The van der Waals surface area contributed by atoms with Crippen LogP contribution < -0.4 is 29.9 Å². The van der Waals surface area contributed by atoms with E-state index in [2.05, 4.69) is 10.6 Å². The maximum atomic E-state index is 11.0. The number of nitrogens with one attached hydrogen (secondary N) is 2. The highest BCUT2D eigenvalue weighted by Crippen LogP contribution is 2.24. The van der Waals surface area contributed by atoms with Crippen LogP contribution in [0.25, 0.3) is 0 Å². The number of rotatable bonds is 4. The van der Waals surface area contributed by atoms with Crippen LogP contribution >= 0.6 is 0 Å². The number of anilines is 2. The fraction of sp³-hybridized carbons (Fsp3) is 0.364. The van der Waals surface area contributed by atoms with Crippen LogP contribution in [0.2, 0.25) is 0 Å². The van der Waals surface area contributed by atoms with Gasteiger partial charge in [0.2, 0.25) is 0 Å². The smallest absolute Gasteiger partial charge is 0.410 e. The van der Waals surface area contributed by atoms with Crippen LogP contribution in [-0.4, -0.2) is 54.5 Å². The lowest BCUT2D eigenvalue weighted by atomic mass is 10.2. The van der Waals surface area contributed by atoms with Crippen molar-refractivity contribution < 1.29 is 19.1 Å². The number of hydrogen-bond acceptors (Lipinski definition) is 6. The molecule has 0 saturated carbocycles. The van der Waals surface area contributed by atoms with Crippen molar-refractivity contribution in [3.05, 3.63) is 47.5 Å². The Morgan fingerprint density at radius 1 is 0.700 bits per heavy atom. The summed E-state index contributed by atoms with van der Waals surface area (Å²) in [7, 11) is 11.0. The van der Waals surface area contributed by atoms with E-state index in [1.165, 1.54) is 14.1 Å². The second-order valence-corrected chi connectivity index (χ2v) is 6.96. The topological polar surface area (TPSA) is 83.1 Å². The second kappa shape index (κ2) is 11.5. The molecular formula is C22H32N4O4. The van der Waals surface area contributed by atoms with Crippen molar-refractivity contribution in [2.75, 3.05) is 52.1 Å². The average Bonchev–Trinajstić information content (AvgIpc) is 2.67. The molecule has 2 amide bonds. The van der Waals surface area contributed by atoms with Gasteiger partial charge >= 0.3 is 12.2 Å². The first-order chi connectivity index (χ1) is 14.1. The predicted octanol–water partition coefficient (Wildman–Crippen LogP) is 3.56. The van der Waals surface area contributed by atoms with Crippen molar-refractivity contribution in [3.8, 4) is 11.5 Å². The van der Waals surface area contributed by atoms with Crippen molar-refractivity contribution >= 4 is 23.6 Å². The minimum atomic E-state index is -0.452. The Hall–Kier alpha value is -3.42. The molecule has 0 radical (unpaired) electrons. The number of nitrogens with zero attached hydrogens (tertiary/aromatic N) is 2. The van der Waals surface area contributed by atoms with Gasteiger partial charge in [0.15, 0.2) is 0 Å². The van der Waals surface area contributed by atoms with E-state index in [9.17, 15) is 9.59 Å². The monoisotopic (exact) mass is 416 g/mol. The van der Waals surface area contributed by atoms with Crippen molar-refractivity contribution in [1.82, 2.24) is 10.6 Å². The lowest BCUT2D eigenvalue weighted by Crippen LogP contribution is -2.22. The third-order valence-corrected chi connectivity index (χ3v) is 4.13. The van der Waals surface area contributed by atoms with Crippen molar-refractivity contribution in [1.29, 1.82) is 0 Å². The van der Waals surface area contributed by atoms with Gasteiger partial charge in [-0.1, -0.05) is 0 Å². The Labute approximate surface area is 178 Å². The Morgan fingerprint density at radius 2 is 1.03 bits per heavy atom. The molecule has 8 heteroatoms. The summed E-state index contributed by atoms with van der Waals surface area (Å²) in [6.45, 7) is 3.96. The van der Waals surface area contributed by atoms with Gasteiger partial charge < -0.3 is 29.9 Å². The maximum Gasteiger partial charge on any atom is 0.412 e. The minimum Gasteiger partial charge on any atom is -0.410 e. The van der Waals surface area contributed by atoms with E-state index in [0.717, 1.165) is 22.5 Å². The number of carbonyl (C=O) groups is 2. The molecule has 0 aliphatic rings. The fourth-order valence-electron chi connectivity index (χ4n) is 2.70. The van der Waals surface area contributed by atoms with E-state index in [1.54, 1.807) is 12.1 Å². The van der Waals surface area contributed by atoms with Gasteiger partial charge in [-0.05, 0) is 61.4 Å². The molecule has 0 unspecified atom stereocenters. The van der Waals surface area contributed by atoms with Gasteiger partial charge in [0.05, 0.1) is 0 Å². The average molecular weight is 417 g/mol. The third-order valence-electron chi connectivity index (χ3n) is 4.13. The molecule has 0 aliphatic heterocycles. The molecule has 0 fully saturated rings. The summed E-state index contributed by atoms with van der Waals surface area (Å²) in [4.78, 5) is 26.0. The summed E-state index contributed by atoms with van der Waals surface area (Å²) in [5.74, 6) is 1.11. The third kappa shape index (κ3) is 7.54. The number of amides is 2. The zero-order valence-corrected chi connectivity index (χ0v) is 19.0. The number of ether oxygens (including phenoxy) is 2. The first kappa shape index (κ1) is 24.6. The van der Waals surface area contributed by atoms with Gasteiger partial charge in [0, 0.05) is 53.7 Å². The summed E-state index contributed by atoms with van der Waals surface area (Å²) < 4.78 is 10.0. The molecule has 0 spiro atoms. The molecule has 2 rings (SSSR count). The number of carbonyl (C=O) groups excluding carboxylic acids is 2. The first-order valence-electron chi connectivity index (χ1n) is 9.44. The highest BCUT2D eigenvalue weighted by atomic mass is 16.6. The molecular weight excluding hydrogens is 384 g/mol. The van der Waals surface area contributed by atoms with E-state index in [0.29, 0.717) is 11.5 Å². The lowest BCUT2D eigenvalue weighted by molar-refractivity contribution is 0.202. The fourth-order valence-corrected chi connectivity index (χ4v) is 2.70. The Bertz CT molecular complexity index is 795. The molecule has 0 saturated heterocycles. The predicted molar refractivity (Wildman–Crippen MR) is 121 cm³/mol. The number of benzene rings is 2. The summed E-state index contributed by atoms with van der Waals surface area (Å²) in [5, 5.41) is 4.80. The standard InChI is InChI=1S/2C11H16N2O2/c2*1-8-7-9(15-11(14)12-2)5-6-10(8)13(3)4/h2*5-7H,1-4H3,(H,12,14). The largest absolute Gasteiger partial charge is 0.412 e. The van der Waals surface area contributed by atoms with E-state index in [1.807, 2.05) is 76.1 Å². The van der Waals surface area contributed by atoms with Gasteiger partial charge in [-0.2, -0.15) is 0 Å². The Kier molecular flexibility index (Phi) is 9.48. The molecule has 0 atom stereocenters. The van der Waals surface area contributed by atoms with Gasteiger partial charge in [0.1, 0.15) is 11.5 Å². The zero-order valence-electron chi connectivity index (χ0n) is 19.0. The molecule has 0 aromatic heterocycles. The van der Waals surface area contributed by atoms with Crippen LogP contribution in [0.3, 0.4) is 0 Å². The van der Waals surface area contributed by atoms with Gasteiger partial charge in [-0.25, -0.2) is 9.59 Å². The molecule has 2 aromatic rings. The van der Waals surface area contributed by atoms with Crippen LogP contribution in [0, 0.1) is 13.8 Å². The van der Waals surface area contributed by atoms with Crippen LogP contribution in [-0.2, 0) is 0 Å². The SMILES string of the molecule is CNC(=O)Oc1ccc(N(C)C)c(C)c1.CNC(=O)Oc1ccc(N(C)C)c(C)c1. The quantitative estimate of drug-likeness (QED) is 0.793. The molecule has 0 aliphatic carbocycles. The van der Waals surface area contributed by atoms with Crippen molar-refractivity contribution in [2.24, 2.45) is 0 Å². The van der Waals surface area contributed by atoms with Crippen molar-refractivity contribution in [2.45, 2.75) is 13.8 Å². The number of hydrogen-bond donors (Lipinski definition) is 2. The summed E-state index contributed by atoms with van der Waals surface area (Å²) in [6.07, 6.45) is -0.904. The Balaban J connectivity index is 0.000000300. The van der Waals surface area contributed by atoms with Gasteiger partial charge in [0.25, 0.3) is 0 Å². The normalized spacial score (nSPS) is 9.60. The molecule has 0 heterocycles. The molecule has 8 nitrogen and oxygen atoms in total. The summed E-state index contributed by atoms with van der Waals surface area (Å²) in [6, 6.07) is 11.1. The summed E-state index contributed by atoms with van der Waals surface area (Å²) in [5.41, 5.74) is 4.36. The minimum absolute atomic E-state index is 0.452. The highest BCUT2D eigenvalue weighted by Gasteiger charge is 2.06. The van der Waals surface area contributed by atoms with Gasteiger partial charge in [-0.3, -0.25) is 0 Å². The molecule has 164 valence electrons. The molecule has 0 bridgehead atoms. The van der Waals surface area contributed by atoms with E-state index < -0.39 is 12.2 Å². The van der Waals surface area contributed by atoms with Crippen LogP contribution in [0.15, 0.2) is 36.4 Å². The summed E-state index contributed by atoms with van der Waals surface area (Å²) >= 11 is 0. The zero-order chi connectivity index (χ0) is 22.8. The highest BCUT2D eigenvalue weighted by molar-refractivity contribution is 5.71. The lowest BCUT2D eigenvalue weighted by Gasteiger charge is -2.16. The van der Waals surface area contributed by atoms with Crippen LogP contribution in [0.4, 0.5) is 21.0 Å². The molecule has 2 aromatic carbocycles. The number of aryl methyl sites for hydroxylation is 2. The van der Waals surface area contributed by atoms with E-state index >= 15 is 0 Å². The maximum absolute atomic E-state index is 11.0. The van der Waals surface area contributed by atoms with Crippen molar-refractivity contribution in [3.63, 3.8) is 0 Å². The molecule has 30 heavy (non-hydrogen) atoms. The van der Waals surface area contributed by atoms with Crippen LogP contribution in [0.5, 0.6) is 11.5 Å².